The molecule has 1 aliphatic heterocycles. The van der Waals surface area contributed by atoms with Crippen LogP contribution in [-0.2, 0) is 14.8 Å². The smallest absolute Gasteiger partial charge is 0.269 e. The van der Waals surface area contributed by atoms with Gasteiger partial charge in [0.2, 0.25) is 0 Å². The lowest BCUT2D eigenvalue weighted by atomic mass is 10.2. The van der Waals surface area contributed by atoms with Crippen molar-refractivity contribution in [3.05, 3.63) is 65.1 Å². The zero-order valence-corrected chi connectivity index (χ0v) is 17.2. The maximum Gasteiger partial charge on any atom is 0.269 e. The molecule has 2 aromatic heterocycles. The van der Waals surface area contributed by atoms with Crippen LogP contribution in [-0.4, -0.2) is 42.8 Å². The molecule has 7 nitrogen and oxygen atoms in total. The molecule has 0 radical (unpaired) electrons. The van der Waals surface area contributed by atoms with Crippen LogP contribution in [0, 0.1) is 6.92 Å². The first kappa shape index (κ1) is 19.6. The molecular weight excluding hydrogens is 412 g/mol. The Kier molecular flexibility index (Phi) is 5.16. The van der Waals surface area contributed by atoms with E-state index in [1.165, 1.54) is 16.4 Å². The largest absolute Gasteiger partial charge is 0.404 e. The van der Waals surface area contributed by atoms with Crippen LogP contribution in [0.15, 0.2) is 58.7 Å². The average molecular weight is 431 g/mol. The lowest BCUT2D eigenvalue weighted by molar-refractivity contribution is 0.0136. The first-order valence-corrected chi connectivity index (χ1v) is 10.7. The molecule has 2 N–H and O–H groups in total. The van der Waals surface area contributed by atoms with Crippen LogP contribution in [0.25, 0.3) is 16.6 Å². The molecule has 150 valence electrons. The van der Waals surface area contributed by atoms with Crippen molar-refractivity contribution < 1.29 is 13.2 Å². The lowest BCUT2D eigenvalue weighted by Gasteiger charge is -2.21. The minimum Gasteiger partial charge on any atom is -0.404 e. The molecule has 4 rings (SSSR count). The number of pyridine rings is 1. The summed E-state index contributed by atoms with van der Waals surface area (Å²) in [6.45, 7) is 2.96. The quantitative estimate of drug-likeness (QED) is 0.627. The van der Waals surface area contributed by atoms with Crippen molar-refractivity contribution in [2.45, 2.75) is 17.9 Å². The maximum atomic E-state index is 13.5. The number of rotatable bonds is 5. The number of ether oxygens (including phenoxy) is 1. The zero-order chi connectivity index (χ0) is 20.6. The van der Waals surface area contributed by atoms with Crippen molar-refractivity contribution in [1.82, 2.24) is 8.96 Å². The van der Waals surface area contributed by atoms with Crippen LogP contribution in [0.2, 0.25) is 5.02 Å². The van der Waals surface area contributed by atoms with E-state index >= 15 is 0 Å². The van der Waals surface area contributed by atoms with Crippen LogP contribution < -0.4 is 5.73 Å². The molecule has 9 heteroatoms. The van der Waals surface area contributed by atoms with Gasteiger partial charge in [-0.25, -0.2) is 17.4 Å². The van der Waals surface area contributed by atoms with Crippen molar-refractivity contribution in [2.75, 3.05) is 13.2 Å². The molecule has 0 unspecified atom stereocenters. The van der Waals surface area contributed by atoms with Gasteiger partial charge >= 0.3 is 0 Å². The molecule has 1 aromatic carbocycles. The summed E-state index contributed by atoms with van der Waals surface area (Å²) in [5.74, 6) is 0. The third-order valence-electron chi connectivity index (χ3n) is 4.69. The highest BCUT2D eigenvalue weighted by Gasteiger charge is 2.26. The highest BCUT2D eigenvalue weighted by molar-refractivity contribution is 7.90. The third kappa shape index (κ3) is 3.55. The van der Waals surface area contributed by atoms with Crippen LogP contribution in [0.5, 0.6) is 0 Å². The Morgan fingerprint density at radius 3 is 2.66 bits per heavy atom. The zero-order valence-electron chi connectivity index (χ0n) is 15.6. The van der Waals surface area contributed by atoms with E-state index < -0.39 is 10.0 Å². The monoisotopic (exact) mass is 430 g/mol. The number of fused-ring (bicyclic) bond motifs is 1. The van der Waals surface area contributed by atoms with Crippen LogP contribution in [0.4, 0.5) is 0 Å². The SMILES string of the molecule is Cc1ccc(S(=O)(=O)n2c(C(C=NC3COC3)=CN)cc3c(Cl)ccnc32)cc1. The van der Waals surface area contributed by atoms with Gasteiger partial charge in [-0.3, -0.25) is 4.99 Å². The molecule has 0 amide bonds. The van der Waals surface area contributed by atoms with Gasteiger partial charge in [-0.15, -0.1) is 0 Å². The molecule has 29 heavy (non-hydrogen) atoms. The van der Waals surface area contributed by atoms with E-state index in [1.807, 2.05) is 6.92 Å². The van der Waals surface area contributed by atoms with Gasteiger partial charge in [0.05, 0.1) is 34.9 Å². The summed E-state index contributed by atoms with van der Waals surface area (Å²) in [6, 6.07) is 9.94. The number of benzene rings is 1. The molecule has 3 aromatic rings. The molecule has 0 saturated carbocycles. The fraction of sp³-hybridized carbons (Fsp3) is 0.200. The molecule has 0 atom stereocenters. The van der Waals surface area contributed by atoms with Gasteiger partial charge in [-0.2, -0.15) is 0 Å². The van der Waals surface area contributed by atoms with Crippen molar-refractivity contribution in [3.63, 3.8) is 0 Å². The second-order valence-corrected chi connectivity index (χ2v) is 8.93. The minimum atomic E-state index is -3.96. The summed E-state index contributed by atoms with van der Waals surface area (Å²) in [5, 5.41) is 0.911. The van der Waals surface area contributed by atoms with Gasteiger partial charge in [0.1, 0.15) is 0 Å². The number of halogens is 1. The number of hydrogen-bond acceptors (Lipinski definition) is 6. The average Bonchev–Trinajstić information content (AvgIpc) is 3.05. The third-order valence-corrected chi connectivity index (χ3v) is 6.74. The lowest BCUT2D eigenvalue weighted by Crippen LogP contribution is -2.31. The first-order valence-electron chi connectivity index (χ1n) is 8.93. The minimum absolute atomic E-state index is 0.0400. The van der Waals surface area contributed by atoms with Crippen LogP contribution >= 0.6 is 11.6 Å². The predicted octanol–water partition coefficient (Wildman–Crippen LogP) is 3.00. The number of allylic oxidation sites excluding steroid dienone is 1. The van der Waals surface area contributed by atoms with Gasteiger partial charge in [0.15, 0.2) is 5.65 Å². The molecule has 3 heterocycles. The van der Waals surface area contributed by atoms with E-state index in [4.69, 9.17) is 22.1 Å². The van der Waals surface area contributed by atoms with E-state index in [9.17, 15) is 8.42 Å². The van der Waals surface area contributed by atoms with Crippen LogP contribution in [0.3, 0.4) is 0 Å². The molecule has 1 aliphatic rings. The first-order chi connectivity index (χ1) is 13.9. The second kappa shape index (κ2) is 7.62. The van der Waals surface area contributed by atoms with Crippen molar-refractivity contribution in [1.29, 1.82) is 0 Å². The van der Waals surface area contributed by atoms with Gasteiger partial charge in [0.25, 0.3) is 10.0 Å². The maximum absolute atomic E-state index is 13.5. The molecule has 1 fully saturated rings. The van der Waals surface area contributed by atoms with Crippen LogP contribution in [0.1, 0.15) is 11.3 Å². The highest BCUT2D eigenvalue weighted by atomic mass is 35.5. The van der Waals surface area contributed by atoms with Gasteiger partial charge < -0.3 is 10.5 Å². The number of hydrogen-bond donors (Lipinski definition) is 1. The number of nitrogens with two attached hydrogens (primary N) is 1. The fourth-order valence-electron chi connectivity index (χ4n) is 2.99. The van der Waals surface area contributed by atoms with Gasteiger partial charge in [-0.05, 0) is 31.2 Å². The Labute approximate surface area is 173 Å². The van der Waals surface area contributed by atoms with Crippen molar-refractivity contribution in [3.8, 4) is 0 Å². The summed E-state index contributed by atoms with van der Waals surface area (Å²) in [5.41, 5.74) is 7.81. The van der Waals surface area contributed by atoms with Crippen molar-refractivity contribution >= 4 is 44.4 Å². The van der Waals surface area contributed by atoms with E-state index in [0.29, 0.717) is 34.9 Å². The predicted molar refractivity (Wildman–Crippen MR) is 114 cm³/mol. The Morgan fingerprint density at radius 1 is 1.31 bits per heavy atom. The molecule has 0 aliphatic carbocycles. The number of aryl methyl sites for hydroxylation is 1. The van der Waals surface area contributed by atoms with E-state index in [0.717, 1.165) is 5.56 Å². The molecule has 1 saturated heterocycles. The summed E-state index contributed by atoms with van der Waals surface area (Å²) >= 11 is 6.32. The highest BCUT2D eigenvalue weighted by Crippen LogP contribution is 2.32. The van der Waals surface area contributed by atoms with Gasteiger partial charge in [0, 0.05) is 29.6 Å². The Hall–Kier alpha value is -2.68. The van der Waals surface area contributed by atoms with Crippen molar-refractivity contribution in [2.24, 2.45) is 10.7 Å². The summed E-state index contributed by atoms with van der Waals surface area (Å²) < 4.78 is 33.3. The van der Waals surface area contributed by atoms with E-state index in [1.54, 1.807) is 42.6 Å². The van der Waals surface area contributed by atoms with E-state index in [-0.39, 0.29) is 16.6 Å². The fourth-order valence-corrected chi connectivity index (χ4v) is 4.67. The summed E-state index contributed by atoms with van der Waals surface area (Å²) in [4.78, 5) is 8.84. The van der Waals surface area contributed by atoms with Gasteiger partial charge in [-0.1, -0.05) is 29.3 Å². The van der Waals surface area contributed by atoms with E-state index in [2.05, 4.69) is 9.98 Å². The molecule has 0 bridgehead atoms. The Morgan fingerprint density at radius 2 is 2.03 bits per heavy atom. The molecular formula is C20H19ClN4O3S. The normalized spacial score (nSPS) is 15.9. The Bertz CT molecular complexity index is 1230. The number of nitrogens with zero attached hydrogens (tertiary/aromatic N) is 3. The number of aliphatic imine (C=N–C) groups is 1. The standard InChI is InChI=1S/C20H19ClN4O3S/c1-13-2-4-16(5-3-13)29(26,27)25-19(8-17-18(21)6-7-23-20(17)25)14(9-22)10-24-15-11-28-12-15/h2-10,15H,11-12,22H2,1H3. The Balaban J connectivity index is 1.94. The number of aromatic nitrogens is 2. The second-order valence-electron chi connectivity index (χ2n) is 6.73. The summed E-state index contributed by atoms with van der Waals surface area (Å²) in [7, 11) is -3.96. The molecule has 0 spiro atoms. The topological polar surface area (TPSA) is 99.6 Å². The summed E-state index contributed by atoms with van der Waals surface area (Å²) in [6.07, 6.45) is 4.37.